The Morgan fingerprint density at radius 1 is 1.10 bits per heavy atom. The minimum absolute atomic E-state index is 0.0327. The molecule has 1 N–H and O–H groups in total. The zero-order valence-electron chi connectivity index (χ0n) is 10.9. The Labute approximate surface area is 114 Å². The van der Waals surface area contributed by atoms with E-state index in [1.165, 1.54) is 38.7 Å². The number of ether oxygens (including phenoxy) is 3. The van der Waals surface area contributed by atoms with E-state index in [0.29, 0.717) is 5.75 Å². The van der Waals surface area contributed by atoms with Crippen LogP contribution in [0.5, 0.6) is 23.3 Å². The summed E-state index contributed by atoms with van der Waals surface area (Å²) in [6.45, 7) is 0. The van der Waals surface area contributed by atoms with Crippen molar-refractivity contribution in [1.29, 1.82) is 0 Å². The van der Waals surface area contributed by atoms with Crippen molar-refractivity contribution in [2.45, 2.75) is 0 Å². The van der Waals surface area contributed by atoms with Gasteiger partial charge in [0, 0.05) is 24.5 Å². The Morgan fingerprint density at radius 2 is 1.75 bits per heavy atom. The summed E-state index contributed by atoms with van der Waals surface area (Å²) in [5.41, 5.74) is -0.124. The van der Waals surface area contributed by atoms with Gasteiger partial charge < -0.3 is 19.3 Å². The van der Waals surface area contributed by atoms with Gasteiger partial charge in [0.05, 0.1) is 14.2 Å². The molecule has 20 heavy (non-hydrogen) atoms. The molecule has 0 atom stereocenters. The van der Waals surface area contributed by atoms with E-state index in [1.54, 1.807) is 6.07 Å². The average molecular weight is 276 g/mol. The quantitative estimate of drug-likeness (QED) is 0.892. The van der Waals surface area contributed by atoms with E-state index in [0.717, 1.165) is 0 Å². The zero-order chi connectivity index (χ0) is 14.5. The topological polar surface area (TPSA) is 90.8 Å². The van der Waals surface area contributed by atoms with Crippen LogP contribution in [0, 0.1) is 0 Å². The zero-order valence-corrected chi connectivity index (χ0v) is 10.9. The number of benzene rings is 1. The maximum atomic E-state index is 11.3. The van der Waals surface area contributed by atoms with Crippen LogP contribution in [0.3, 0.4) is 0 Å². The molecule has 0 aliphatic rings. The van der Waals surface area contributed by atoms with Crippen LogP contribution in [0.4, 0.5) is 0 Å². The predicted molar refractivity (Wildman–Crippen MR) is 68.6 cm³/mol. The van der Waals surface area contributed by atoms with Gasteiger partial charge in [-0.2, -0.15) is 0 Å². The van der Waals surface area contributed by atoms with Crippen LogP contribution in [0.25, 0.3) is 0 Å². The molecule has 104 valence electrons. The fourth-order valence-electron chi connectivity index (χ4n) is 1.57. The van der Waals surface area contributed by atoms with Gasteiger partial charge in [0.2, 0.25) is 0 Å². The van der Waals surface area contributed by atoms with Gasteiger partial charge in [-0.3, -0.25) is 0 Å². The smallest absolute Gasteiger partial charge is 0.343 e. The highest BCUT2D eigenvalue weighted by atomic mass is 16.5. The summed E-state index contributed by atoms with van der Waals surface area (Å²) < 4.78 is 15.5. The van der Waals surface area contributed by atoms with Crippen molar-refractivity contribution in [3.63, 3.8) is 0 Å². The first-order valence-electron chi connectivity index (χ1n) is 5.60. The number of rotatable bonds is 5. The van der Waals surface area contributed by atoms with E-state index in [1.807, 2.05) is 0 Å². The first-order valence-corrected chi connectivity index (χ1v) is 5.60. The average Bonchev–Trinajstić information content (AvgIpc) is 2.47. The molecule has 0 aliphatic heterocycles. The molecule has 0 unspecified atom stereocenters. The lowest BCUT2D eigenvalue weighted by Crippen LogP contribution is -2.05. The van der Waals surface area contributed by atoms with Gasteiger partial charge in [0.1, 0.15) is 17.1 Å². The van der Waals surface area contributed by atoms with Crippen LogP contribution < -0.4 is 14.2 Å². The van der Waals surface area contributed by atoms with Crippen molar-refractivity contribution in [1.82, 2.24) is 9.97 Å². The summed E-state index contributed by atoms with van der Waals surface area (Å²) >= 11 is 0. The minimum Gasteiger partial charge on any atom is -0.496 e. The Morgan fingerprint density at radius 3 is 2.30 bits per heavy atom. The van der Waals surface area contributed by atoms with Crippen LogP contribution in [0.1, 0.15) is 10.4 Å². The normalized spacial score (nSPS) is 9.90. The largest absolute Gasteiger partial charge is 0.496 e. The maximum Gasteiger partial charge on any atom is 0.343 e. The van der Waals surface area contributed by atoms with Crippen molar-refractivity contribution >= 4 is 5.97 Å². The molecule has 0 amide bonds. The highest BCUT2D eigenvalue weighted by molar-refractivity contribution is 5.94. The van der Waals surface area contributed by atoms with Gasteiger partial charge in [-0.25, -0.2) is 14.8 Å². The lowest BCUT2D eigenvalue weighted by atomic mass is 10.1. The van der Waals surface area contributed by atoms with Crippen molar-refractivity contribution in [2.75, 3.05) is 14.2 Å². The number of carbonyl (C=O) groups is 1. The first kappa shape index (κ1) is 13.6. The lowest BCUT2D eigenvalue weighted by Gasteiger charge is -2.12. The van der Waals surface area contributed by atoms with E-state index in [2.05, 4.69) is 9.97 Å². The Kier molecular flexibility index (Phi) is 3.99. The third-order valence-corrected chi connectivity index (χ3v) is 2.45. The molecule has 2 rings (SSSR count). The molecule has 1 heterocycles. The summed E-state index contributed by atoms with van der Waals surface area (Å²) in [5.74, 6) is -0.615. The fraction of sp³-hybridized carbons (Fsp3) is 0.154. The third-order valence-electron chi connectivity index (χ3n) is 2.45. The molecular formula is C13H12N2O5. The number of hydrogen-bond acceptors (Lipinski definition) is 6. The molecule has 1 aromatic carbocycles. The summed E-state index contributed by atoms with van der Waals surface area (Å²) in [7, 11) is 2.82. The second kappa shape index (κ2) is 5.87. The van der Waals surface area contributed by atoms with Gasteiger partial charge >= 0.3 is 12.0 Å². The molecule has 7 nitrogen and oxygen atoms in total. The van der Waals surface area contributed by atoms with Gasteiger partial charge in [0.15, 0.2) is 5.75 Å². The van der Waals surface area contributed by atoms with Crippen LogP contribution in [-0.4, -0.2) is 35.3 Å². The minimum atomic E-state index is -1.18. The highest BCUT2D eigenvalue weighted by Gasteiger charge is 2.21. The van der Waals surface area contributed by atoms with Crippen molar-refractivity contribution < 1.29 is 24.1 Å². The van der Waals surface area contributed by atoms with E-state index in [9.17, 15) is 9.90 Å². The predicted octanol–water partition coefficient (Wildman–Crippen LogP) is 1.98. The summed E-state index contributed by atoms with van der Waals surface area (Å²) in [4.78, 5) is 19.1. The molecule has 0 aliphatic carbocycles. The Hall–Kier alpha value is -2.83. The highest BCUT2D eigenvalue weighted by Crippen LogP contribution is 2.35. The molecule has 0 spiro atoms. The third kappa shape index (κ3) is 2.77. The SMILES string of the molecule is COc1cc(OC)c(C(=O)O)c(Oc2ncccn2)c1. The Balaban J connectivity index is 2.51. The van der Waals surface area contributed by atoms with E-state index in [4.69, 9.17) is 14.2 Å². The van der Waals surface area contributed by atoms with Gasteiger partial charge in [-0.05, 0) is 6.07 Å². The molecule has 0 saturated heterocycles. The molecule has 0 saturated carbocycles. The van der Waals surface area contributed by atoms with Crippen molar-refractivity contribution in [3.05, 3.63) is 36.2 Å². The van der Waals surface area contributed by atoms with Crippen LogP contribution >= 0.6 is 0 Å². The molecule has 0 bridgehead atoms. The van der Waals surface area contributed by atoms with Gasteiger partial charge in [-0.15, -0.1) is 0 Å². The van der Waals surface area contributed by atoms with Crippen LogP contribution in [0.2, 0.25) is 0 Å². The number of aromatic nitrogens is 2. The number of nitrogens with zero attached hydrogens (tertiary/aromatic N) is 2. The fourth-order valence-corrected chi connectivity index (χ4v) is 1.57. The molecule has 0 radical (unpaired) electrons. The van der Waals surface area contributed by atoms with E-state index < -0.39 is 5.97 Å². The molecule has 0 fully saturated rings. The monoisotopic (exact) mass is 276 g/mol. The number of methoxy groups -OCH3 is 2. The molecular weight excluding hydrogens is 264 g/mol. The molecule has 1 aromatic heterocycles. The van der Waals surface area contributed by atoms with E-state index in [-0.39, 0.29) is 23.1 Å². The lowest BCUT2D eigenvalue weighted by molar-refractivity contribution is 0.0690. The van der Waals surface area contributed by atoms with Gasteiger partial charge in [0.25, 0.3) is 0 Å². The van der Waals surface area contributed by atoms with Crippen molar-refractivity contribution in [3.8, 4) is 23.3 Å². The number of aromatic carboxylic acids is 1. The summed E-state index contributed by atoms with van der Waals surface area (Å²) in [5, 5.41) is 9.28. The Bertz CT molecular complexity index is 616. The number of hydrogen-bond donors (Lipinski definition) is 1. The standard InChI is InChI=1S/C13H12N2O5/c1-18-8-6-9(19-2)11(12(16)17)10(7-8)20-13-14-4-3-5-15-13/h3-7H,1-2H3,(H,16,17). The number of carboxylic acid groups (broad SMARTS) is 1. The van der Waals surface area contributed by atoms with Crippen LogP contribution in [0.15, 0.2) is 30.6 Å². The summed E-state index contributed by atoms with van der Waals surface area (Å²) in [6, 6.07) is 4.55. The first-order chi connectivity index (χ1) is 9.65. The second-order valence-electron chi connectivity index (χ2n) is 3.64. The summed E-state index contributed by atoms with van der Waals surface area (Å²) in [6.07, 6.45) is 2.97. The van der Waals surface area contributed by atoms with E-state index >= 15 is 0 Å². The maximum absolute atomic E-state index is 11.3. The van der Waals surface area contributed by atoms with Crippen molar-refractivity contribution in [2.24, 2.45) is 0 Å². The van der Waals surface area contributed by atoms with Gasteiger partial charge in [-0.1, -0.05) is 0 Å². The second-order valence-corrected chi connectivity index (χ2v) is 3.64. The number of carboxylic acids is 1. The molecule has 7 heteroatoms. The molecule has 2 aromatic rings. The van der Waals surface area contributed by atoms with Crippen LogP contribution in [-0.2, 0) is 0 Å².